The molecule has 0 aliphatic heterocycles. The molecule has 1 aliphatic carbocycles. The molecular formula is C21H20O4. The second-order valence-electron chi connectivity index (χ2n) is 6.30. The molecule has 2 N–H and O–H groups in total. The fourth-order valence-electron chi connectivity index (χ4n) is 3.25. The van der Waals surface area contributed by atoms with E-state index < -0.39 is 0 Å². The molecule has 128 valence electrons. The van der Waals surface area contributed by atoms with Gasteiger partial charge in [-0.3, -0.25) is 9.59 Å². The van der Waals surface area contributed by atoms with Gasteiger partial charge < -0.3 is 10.2 Å². The van der Waals surface area contributed by atoms with Gasteiger partial charge in [0.15, 0.2) is 11.6 Å². The molecule has 0 amide bonds. The Hall–Kier alpha value is -2.88. The van der Waals surface area contributed by atoms with Crippen LogP contribution in [0.25, 0.3) is 11.1 Å². The predicted octanol–water partition coefficient (Wildman–Crippen LogP) is 4.30. The number of rotatable bonds is 3. The van der Waals surface area contributed by atoms with Crippen LogP contribution in [0.4, 0.5) is 0 Å². The third kappa shape index (κ3) is 3.48. The molecule has 1 saturated carbocycles. The lowest BCUT2D eigenvalue weighted by Crippen LogP contribution is -2.26. The zero-order valence-corrected chi connectivity index (χ0v) is 14.0. The first-order valence-electron chi connectivity index (χ1n) is 8.37. The third-order valence-corrected chi connectivity index (χ3v) is 4.61. The van der Waals surface area contributed by atoms with Gasteiger partial charge in [-0.1, -0.05) is 43.3 Å². The predicted molar refractivity (Wildman–Crippen MR) is 95.5 cm³/mol. The first-order valence-corrected chi connectivity index (χ1v) is 8.37. The van der Waals surface area contributed by atoms with Crippen LogP contribution in [-0.2, 0) is 9.59 Å². The second kappa shape index (κ2) is 6.93. The molecule has 4 nitrogen and oxygen atoms in total. The van der Waals surface area contributed by atoms with Gasteiger partial charge in [-0.15, -0.1) is 0 Å². The van der Waals surface area contributed by atoms with Crippen LogP contribution in [0.3, 0.4) is 0 Å². The Morgan fingerprint density at radius 1 is 1.00 bits per heavy atom. The minimum Gasteiger partial charge on any atom is -0.511 e. The van der Waals surface area contributed by atoms with E-state index >= 15 is 0 Å². The summed E-state index contributed by atoms with van der Waals surface area (Å²) in [5.41, 5.74) is 2.77. The summed E-state index contributed by atoms with van der Waals surface area (Å²) in [6, 6.07) is 14.7. The van der Waals surface area contributed by atoms with Crippen LogP contribution < -0.4 is 0 Å². The normalized spacial score (nSPS) is 17.6. The maximum absolute atomic E-state index is 12.2. The van der Waals surface area contributed by atoms with Crippen molar-refractivity contribution in [1.29, 1.82) is 0 Å². The number of benzene rings is 2. The van der Waals surface area contributed by atoms with Crippen molar-refractivity contribution in [2.24, 2.45) is 0 Å². The largest absolute Gasteiger partial charge is 0.511 e. The SMILES string of the molecule is CCC(O)=C1C(=O)CC(c2ccc(-c3cccc(O)c3)cc2)CC1=O. The standard InChI is InChI=1S/C21H20O4/c1-2-18(23)21-19(24)11-16(12-20(21)25)14-8-6-13(7-9-14)15-4-3-5-17(22)10-15/h3-10,16,22-23H,2,11-12H2,1H3. The molecule has 2 aromatic rings. The average molecular weight is 336 g/mol. The number of Topliss-reactive ketones (excluding diaryl/α,β-unsaturated/α-hetero) is 2. The first-order chi connectivity index (χ1) is 12.0. The van der Waals surface area contributed by atoms with Crippen molar-refractivity contribution in [3.63, 3.8) is 0 Å². The van der Waals surface area contributed by atoms with Crippen molar-refractivity contribution in [1.82, 2.24) is 0 Å². The number of carbonyl (C=O) groups excluding carboxylic acids is 2. The second-order valence-corrected chi connectivity index (χ2v) is 6.30. The molecule has 2 aromatic carbocycles. The summed E-state index contributed by atoms with van der Waals surface area (Å²) in [5, 5.41) is 19.4. The number of aromatic hydroxyl groups is 1. The van der Waals surface area contributed by atoms with E-state index in [1.165, 1.54) is 0 Å². The number of aliphatic hydroxyl groups excluding tert-OH is 1. The van der Waals surface area contributed by atoms with E-state index in [0.717, 1.165) is 16.7 Å². The Morgan fingerprint density at radius 3 is 2.20 bits per heavy atom. The molecule has 0 radical (unpaired) electrons. The van der Waals surface area contributed by atoms with E-state index in [0.29, 0.717) is 0 Å². The molecule has 1 fully saturated rings. The van der Waals surface area contributed by atoms with E-state index in [2.05, 4.69) is 0 Å². The van der Waals surface area contributed by atoms with Gasteiger partial charge in [-0.05, 0) is 34.7 Å². The van der Waals surface area contributed by atoms with Crippen LogP contribution in [0.2, 0.25) is 0 Å². The number of aliphatic hydroxyl groups is 1. The topological polar surface area (TPSA) is 74.6 Å². The number of carbonyl (C=O) groups is 2. The van der Waals surface area contributed by atoms with E-state index in [1.54, 1.807) is 25.1 Å². The maximum atomic E-state index is 12.2. The molecule has 0 spiro atoms. The Labute approximate surface area is 146 Å². The Morgan fingerprint density at radius 2 is 1.64 bits per heavy atom. The summed E-state index contributed by atoms with van der Waals surface area (Å²) in [5.74, 6) is -0.616. The lowest BCUT2D eigenvalue weighted by atomic mass is 9.79. The zero-order valence-electron chi connectivity index (χ0n) is 14.0. The minimum absolute atomic E-state index is 0.0184. The number of phenols is 1. The van der Waals surface area contributed by atoms with E-state index in [1.807, 2.05) is 30.3 Å². The molecule has 0 atom stereocenters. The molecule has 0 saturated heterocycles. The highest BCUT2D eigenvalue weighted by molar-refractivity contribution is 6.22. The van der Waals surface area contributed by atoms with Crippen molar-refractivity contribution in [3.8, 4) is 16.9 Å². The highest BCUT2D eigenvalue weighted by Gasteiger charge is 2.33. The van der Waals surface area contributed by atoms with Gasteiger partial charge in [-0.2, -0.15) is 0 Å². The van der Waals surface area contributed by atoms with Gasteiger partial charge in [-0.25, -0.2) is 0 Å². The molecule has 0 heterocycles. The van der Waals surface area contributed by atoms with Gasteiger partial charge in [0.25, 0.3) is 0 Å². The molecule has 0 aromatic heterocycles. The first kappa shape index (κ1) is 17.0. The van der Waals surface area contributed by atoms with Crippen LogP contribution >= 0.6 is 0 Å². The molecule has 25 heavy (non-hydrogen) atoms. The number of allylic oxidation sites excluding steroid dienone is 2. The highest BCUT2D eigenvalue weighted by atomic mass is 16.3. The minimum atomic E-state index is -0.280. The highest BCUT2D eigenvalue weighted by Crippen LogP contribution is 2.34. The summed E-state index contributed by atoms with van der Waals surface area (Å²) in [6.07, 6.45) is 0.753. The number of hydrogen-bond donors (Lipinski definition) is 2. The van der Waals surface area contributed by atoms with Crippen LogP contribution in [-0.4, -0.2) is 21.8 Å². The number of phenolic OH excluding ortho intramolecular Hbond substituents is 1. The monoisotopic (exact) mass is 336 g/mol. The molecule has 0 unspecified atom stereocenters. The molecule has 3 rings (SSSR count). The van der Waals surface area contributed by atoms with Crippen molar-refractivity contribution in [2.75, 3.05) is 0 Å². The van der Waals surface area contributed by atoms with Crippen LogP contribution in [0.5, 0.6) is 5.75 Å². The van der Waals surface area contributed by atoms with Crippen molar-refractivity contribution in [3.05, 3.63) is 65.4 Å². The fourth-order valence-corrected chi connectivity index (χ4v) is 3.25. The smallest absolute Gasteiger partial charge is 0.170 e. The number of ketones is 2. The lowest BCUT2D eigenvalue weighted by Gasteiger charge is -2.23. The number of hydrogen-bond acceptors (Lipinski definition) is 4. The van der Waals surface area contributed by atoms with Gasteiger partial charge in [0.2, 0.25) is 0 Å². The van der Waals surface area contributed by atoms with Gasteiger partial charge >= 0.3 is 0 Å². The van der Waals surface area contributed by atoms with Gasteiger partial charge in [0.1, 0.15) is 11.5 Å². The van der Waals surface area contributed by atoms with Crippen molar-refractivity contribution in [2.45, 2.75) is 32.1 Å². The summed E-state index contributed by atoms with van der Waals surface area (Å²) in [7, 11) is 0. The summed E-state index contributed by atoms with van der Waals surface area (Å²) in [4.78, 5) is 24.5. The summed E-state index contributed by atoms with van der Waals surface area (Å²) >= 11 is 0. The Kier molecular flexibility index (Phi) is 4.70. The quantitative estimate of drug-likeness (QED) is 0.498. The maximum Gasteiger partial charge on any atom is 0.170 e. The third-order valence-electron chi connectivity index (χ3n) is 4.61. The fraction of sp³-hybridized carbons (Fsp3) is 0.238. The summed E-state index contributed by atoms with van der Waals surface area (Å²) < 4.78 is 0. The molecular weight excluding hydrogens is 316 g/mol. The Balaban J connectivity index is 1.82. The van der Waals surface area contributed by atoms with Crippen LogP contribution in [0.15, 0.2) is 59.9 Å². The average Bonchev–Trinajstić information content (AvgIpc) is 2.61. The molecule has 1 aliphatic rings. The van der Waals surface area contributed by atoms with E-state index in [4.69, 9.17) is 0 Å². The van der Waals surface area contributed by atoms with Crippen LogP contribution in [0.1, 0.15) is 37.7 Å². The van der Waals surface area contributed by atoms with E-state index in [9.17, 15) is 19.8 Å². The van der Waals surface area contributed by atoms with Crippen LogP contribution in [0, 0.1) is 0 Å². The van der Waals surface area contributed by atoms with Gasteiger partial charge in [0.05, 0.1) is 5.57 Å². The van der Waals surface area contributed by atoms with Gasteiger partial charge in [0, 0.05) is 19.3 Å². The molecule has 4 heteroatoms. The van der Waals surface area contributed by atoms with E-state index in [-0.39, 0.29) is 53.8 Å². The van der Waals surface area contributed by atoms with Crippen molar-refractivity contribution < 1.29 is 19.8 Å². The Bertz CT molecular complexity index is 826. The zero-order chi connectivity index (χ0) is 18.0. The van der Waals surface area contributed by atoms with Crippen molar-refractivity contribution >= 4 is 11.6 Å². The molecule has 0 bridgehead atoms. The summed E-state index contributed by atoms with van der Waals surface area (Å²) in [6.45, 7) is 1.72. The lowest BCUT2D eigenvalue weighted by molar-refractivity contribution is -0.124.